The zero-order valence-electron chi connectivity index (χ0n) is 20.0. The van der Waals surface area contributed by atoms with Crippen LogP contribution in [0.1, 0.15) is 33.6 Å². The summed E-state index contributed by atoms with van der Waals surface area (Å²) in [6.45, 7) is 2.81. The van der Waals surface area contributed by atoms with Crippen LogP contribution < -0.4 is 21.7 Å². The number of aliphatic carboxylic acids is 1. The molecule has 0 aliphatic carbocycles. The van der Waals surface area contributed by atoms with Crippen LogP contribution in [0.15, 0.2) is 0 Å². The number of hydrogen-bond donors (Lipinski definition) is 9. The highest BCUT2D eigenvalue weighted by atomic mass is 16.6. The molecule has 0 unspecified atom stereocenters. The van der Waals surface area contributed by atoms with E-state index in [-0.39, 0.29) is 6.42 Å². The van der Waals surface area contributed by atoms with Crippen LogP contribution >= 0.6 is 0 Å². The molecular weight excluding hydrogens is 488 g/mol. The lowest BCUT2D eigenvalue weighted by atomic mass is 9.96. The second-order valence-electron chi connectivity index (χ2n) is 8.33. The lowest BCUT2D eigenvalue weighted by molar-refractivity contribution is -0.266. The molecule has 4 amide bonds. The van der Waals surface area contributed by atoms with Gasteiger partial charge in [0, 0.05) is 13.3 Å². The van der Waals surface area contributed by atoms with Crippen LogP contribution in [0.3, 0.4) is 0 Å². The summed E-state index contributed by atoms with van der Waals surface area (Å²) in [5.74, 6) is -4.86. The first-order valence-corrected chi connectivity index (χ1v) is 11.0. The van der Waals surface area contributed by atoms with Crippen molar-refractivity contribution in [2.45, 2.75) is 88.5 Å². The van der Waals surface area contributed by atoms with Gasteiger partial charge < -0.3 is 56.7 Å². The molecule has 0 aromatic rings. The Morgan fingerprint density at radius 1 is 1.08 bits per heavy atom. The number of carboxylic acids is 1. The molecule has 1 aliphatic heterocycles. The Hall–Kier alpha value is -2.89. The number of ether oxygens (including phenoxy) is 2. The van der Waals surface area contributed by atoms with Gasteiger partial charge in [-0.3, -0.25) is 24.0 Å². The maximum absolute atomic E-state index is 12.7. The molecule has 1 rings (SSSR count). The molecule has 16 heteroatoms. The highest BCUT2D eigenvalue weighted by Crippen LogP contribution is 2.23. The molecule has 0 aromatic carbocycles. The molecule has 0 radical (unpaired) electrons. The summed E-state index contributed by atoms with van der Waals surface area (Å²) in [4.78, 5) is 59.1. The Morgan fingerprint density at radius 3 is 2.17 bits per heavy atom. The molecule has 10 N–H and O–H groups in total. The lowest BCUT2D eigenvalue weighted by Crippen LogP contribution is -2.66. The first-order chi connectivity index (χ1) is 16.7. The number of carboxylic acid groups (broad SMARTS) is 1. The predicted octanol–water partition coefficient (Wildman–Crippen LogP) is -4.96. The van der Waals surface area contributed by atoms with Crippen molar-refractivity contribution < 1.29 is 59.0 Å². The van der Waals surface area contributed by atoms with Gasteiger partial charge in [0.05, 0.1) is 12.7 Å². The third kappa shape index (κ3) is 8.96. The van der Waals surface area contributed by atoms with Gasteiger partial charge in [0.1, 0.15) is 42.5 Å². The molecule has 16 nitrogen and oxygen atoms in total. The van der Waals surface area contributed by atoms with Gasteiger partial charge in [-0.05, 0) is 20.3 Å². The van der Waals surface area contributed by atoms with Gasteiger partial charge >= 0.3 is 5.97 Å². The number of hydrogen-bond acceptors (Lipinski definition) is 11. The van der Waals surface area contributed by atoms with Gasteiger partial charge in [0.15, 0.2) is 6.29 Å². The first-order valence-electron chi connectivity index (χ1n) is 11.0. The van der Waals surface area contributed by atoms with E-state index in [0.717, 1.165) is 6.92 Å². The second kappa shape index (κ2) is 14.0. The van der Waals surface area contributed by atoms with Crippen LogP contribution in [0.25, 0.3) is 0 Å². The molecule has 0 saturated carbocycles. The van der Waals surface area contributed by atoms with E-state index in [9.17, 15) is 44.4 Å². The Kier molecular flexibility index (Phi) is 12.1. The second-order valence-corrected chi connectivity index (χ2v) is 8.33. The van der Waals surface area contributed by atoms with Gasteiger partial charge in [-0.2, -0.15) is 0 Å². The minimum Gasteiger partial charge on any atom is -0.481 e. The number of primary amides is 1. The zero-order chi connectivity index (χ0) is 27.7. The molecule has 1 aliphatic rings. The monoisotopic (exact) mass is 522 g/mol. The van der Waals surface area contributed by atoms with Crippen LogP contribution in [-0.4, -0.2) is 117 Å². The third-order valence-electron chi connectivity index (χ3n) is 5.34. The van der Waals surface area contributed by atoms with Crippen molar-refractivity contribution in [1.29, 1.82) is 0 Å². The topological polar surface area (TPSA) is 267 Å². The smallest absolute Gasteiger partial charge is 0.303 e. The van der Waals surface area contributed by atoms with E-state index in [4.69, 9.17) is 20.3 Å². The van der Waals surface area contributed by atoms with Crippen LogP contribution in [0, 0.1) is 0 Å². The van der Waals surface area contributed by atoms with Crippen molar-refractivity contribution in [3.63, 3.8) is 0 Å². The molecule has 0 aromatic heterocycles. The van der Waals surface area contributed by atoms with Crippen LogP contribution in [-0.2, 0) is 33.4 Å². The molecule has 0 bridgehead atoms. The Balaban J connectivity index is 2.96. The van der Waals surface area contributed by atoms with E-state index in [1.54, 1.807) is 0 Å². The van der Waals surface area contributed by atoms with E-state index < -0.39 is 97.6 Å². The summed E-state index contributed by atoms with van der Waals surface area (Å²) in [7, 11) is 0. The fourth-order valence-corrected chi connectivity index (χ4v) is 3.42. The Bertz CT molecular complexity index is 810. The van der Waals surface area contributed by atoms with E-state index >= 15 is 0 Å². The van der Waals surface area contributed by atoms with Crippen LogP contribution in [0.2, 0.25) is 0 Å². The predicted molar refractivity (Wildman–Crippen MR) is 118 cm³/mol. The SMILES string of the molecule is CC(=O)N[C@@H]1[C@@H](O[C@H](C)C(=O)N[C@H](C(=O)N[C@H](CCC(=O)O)C(N)=O)[C@@H](C)O)[C@H](O)[C@@H](CO)O[C@@H]1O. The van der Waals surface area contributed by atoms with Crippen molar-refractivity contribution in [3.8, 4) is 0 Å². The number of aliphatic hydroxyl groups is 4. The number of rotatable bonds is 13. The van der Waals surface area contributed by atoms with Gasteiger partial charge in [-0.15, -0.1) is 0 Å². The Morgan fingerprint density at radius 2 is 1.69 bits per heavy atom. The van der Waals surface area contributed by atoms with Gasteiger partial charge in [-0.1, -0.05) is 0 Å². The van der Waals surface area contributed by atoms with Crippen molar-refractivity contribution in [1.82, 2.24) is 16.0 Å². The maximum atomic E-state index is 12.7. The van der Waals surface area contributed by atoms with Crippen molar-refractivity contribution in [2.75, 3.05) is 6.61 Å². The van der Waals surface area contributed by atoms with Gasteiger partial charge in [0.2, 0.25) is 23.6 Å². The first kappa shape index (κ1) is 31.1. The maximum Gasteiger partial charge on any atom is 0.303 e. The quantitative estimate of drug-likeness (QED) is 0.110. The van der Waals surface area contributed by atoms with E-state index in [0.29, 0.717) is 0 Å². The molecular formula is C20H34N4O12. The summed E-state index contributed by atoms with van der Waals surface area (Å²) in [5, 5.41) is 55.5. The highest BCUT2D eigenvalue weighted by Gasteiger charge is 2.47. The molecule has 206 valence electrons. The molecule has 1 heterocycles. The van der Waals surface area contributed by atoms with E-state index in [2.05, 4.69) is 16.0 Å². The third-order valence-corrected chi connectivity index (χ3v) is 5.34. The zero-order valence-corrected chi connectivity index (χ0v) is 20.0. The van der Waals surface area contributed by atoms with Crippen molar-refractivity contribution >= 4 is 29.6 Å². The average molecular weight is 523 g/mol. The summed E-state index contributed by atoms with van der Waals surface area (Å²) >= 11 is 0. The molecule has 36 heavy (non-hydrogen) atoms. The van der Waals surface area contributed by atoms with Crippen molar-refractivity contribution in [3.05, 3.63) is 0 Å². The van der Waals surface area contributed by atoms with Gasteiger partial charge in [0.25, 0.3) is 0 Å². The number of nitrogens with one attached hydrogen (secondary N) is 3. The Labute approximate surface area is 206 Å². The van der Waals surface area contributed by atoms with Crippen molar-refractivity contribution in [2.24, 2.45) is 5.73 Å². The minimum atomic E-state index is -1.69. The number of amides is 4. The molecule has 9 atom stereocenters. The van der Waals surface area contributed by atoms with Gasteiger partial charge in [-0.25, -0.2) is 0 Å². The van der Waals surface area contributed by atoms with Crippen LogP contribution in [0.5, 0.6) is 0 Å². The summed E-state index contributed by atoms with van der Waals surface area (Å²) in [6.07, 6.45) is -9.70. The molecule has 1 saturated heterocycles. The lowest BCUT2D eigenvalue weighted by Gasteiger charge is -2.43. The minimum absolute atomic E-state index is 0.322. The highest BCUT2D eigenvalue weighted by molar-refractivity contribution is 5.93. The largest absolute Gasteiger partial charge is 0.481 e. The summed E-state index contributed by atoms with van der Waals surface area (Å²) in [6, 6.07) is -4.32. The number of carbonyl (C=O) groups is 5. The molecule has 0 spiro atoms. The average Bonchev–Trinajstić information content (AvgIpc) is 2.77. The number of nitrogens with two attached hydrogens (primary N) is 1. The van der Waals surface area contributed by atoms with Crippen LogP contribution in [0.4, 0.5) is 0 Å². The normalized spacial score (nSPS) is 27.1. The number of aliphatic hydroxyl groups excluding tert-OH is 4. The fourth-order valence-electron chi connectivity index (χ4n) is 3.42. The summed E-state index contributed by atoms with van der Waals surface area (Å²) < 4.78 is 10.6. The summed E-state index contributed by atoms with van der Waals surface area (Å²) in [5.41, 5.74) is 5.18. The number of carbonyl (C=O) groups excluding carboxylic acids is 4. The fraction of sp³-hybridized carbons (Fsp3) is 0.750. The standard InChI is InChI=1S/C20H34N4O12/c1-7(26)13(19(33)23-10(17(21)31)4-5-12(28)29)24-18(32)8(2)35-16-14(22-9(3)27)20(34)36-11(6-25)15(16)30/h7-8,10-11,13-16,20,25-26,30,34H,4-6H2,1-3H3,(H2,21,31)(H,22,27)(H,23,33)(H,24,32)(H,28,29)/t7-,8-,10-,11-,13+,14-,15-,16-,20+/m1/s1. The van der Waals surface area contributed by atoms with E-state index in [1.165, 1.54) is 13.8 Å². The van der Waals surface area contributed by atoms with E-state index in [1.807, 2.05) is 0 Å². The molecule has 1 fully saturated rings.